The monoisotopic (exact) mass is 328 g/mol. The number of nitrogens with zero attached hydrogens (tertiary/aromatic N) is 3. The summed E-state index contributed by atoms with van der Waals surface area (Å²) in [6.45, 7) is 4.23. The first-order chi connectivity index (χ1) is 12.2. The first-order valence-electron chi connectivity index (χ1n) is 8.47. The number of hydrogen-bond donors (Lipinski definition) is 1. The van der Waals surface area contributed by atoms with Crippen molar-refractivity contribution in [1.82, 2.24) is 14.5 Å². The van der Waals surface area contributed by atoms with Crippen molar-refractivity contribution in [2.24, 2.45) is 0 Å². The highest BCUT2D eigenvalue weighted by Crippen LogP contribution is 2.35. The molecule has 25 heavy (non-hydrogen) atoms. The van der Waals surface area contributed by atoms with Crippen LogP contribution in [-0.2, 0) is 0 Å². The lowest BCUT2D eigenvalue weighted by molar-refractivity contribution is 0.890. The van der Waals surface area contributed by atoms with Gasteiger partial charge < -0.3 is 9.88 Å². The second kappa shape index (κ2) is 6.40. The molecule has 0 fully saturated rings. The van der Waals surface area contributed by atoms with Gasteiger partial charge in [0.15, 0.2) is 5.65 Å². The summed E-state index contributed by atoms with van der Waals surface area (Å²) in [4.78, 5) is 9.09. The molecule has 4 aromatic rings. The highest BCUT2D eigenvalue weighted by Gasteiger charge is 2.17. The maximum absolute atomic E-state index is 4.58. The molecular formula is C21H20N4. The highest BCUT2D eigenvalue weighted by atomic mass is 15.1. The Morgan fingerprint density at radius 3 is 2.24 bits per heavy atom. The Balaban J connectivity index is 2.03. The fourth-order valence-corrected chi connectivity index (χ4v) is 3.07. The van der Waals surface area contributed by atoms with Crippen molar-refractivity contribution in [1.29, 1.82) is 0 Å². The summed E-state index contributed by atoms with van der Waals surface area (Å²) in [7, 11) is 0. The van der Waals surface area contributed by atoms with Crippen molar-refractivity contribution >= 4 is 16.9 Å². The molecule has 0 saturated heterocycles. The predicted molar refractivity (Wildman–Crippen MR) is 103 cm³/mol. The average molecular weight is 328 g/mol. The molecule has 2 aromatic heterocycles. The van der Waals surface area contributed by atoms with E-state index in [0.29, 0.717) is 6.04 Å². The van der Waals surface area contributed by atoms with Crippen molar-refractivity contribution in [3.8, 4) is 16.8 Å². The second-order valence-corrected chi connectivity index (χ2v) is 6.33. The molecule has 0 amide bonds. The average Bonchev–Trinajstić information content (AvgIpc) is 3.03. The summed E-state index contributed by atoms with van der Waals surface area (Å²) in [5, 5.41) is 4.51. The van der Waals surface area contributed by atoms with Crippen LogP contribution in [0.2, 0.25) is 0 Å². The topological polar surface area (TPSA) is 42.7 Å². The molecule has 4 nitrogen and oxygen atoms in total. The molecule has 124 valence electrons. The molecule has 0 saturated carbocycles. The normalized spacial score (nSPS) is 11.2. The van der Waals surface area contributed by atoms with Crippen molar-refractivity contribution in [3.63, 3.8) is 0 Å². The van der Waals surface area contributed by atoms with Gasteiger partial charge in [-0.15, -0.1) is 0 Å². The minimum absolute atomic E-state index is 0.293. The number of benzene rings is 2. The van der Waals surface area contributed by atoms with Gasteiger partial charge in [-0.05, 0) is 31.5 Å². The number of rotatable bonds is 4. The van der Waals surface area contributed by atoms with Crippen LogP contribution in [0.1, 0.15) is 13.8 Å². The minimum Gasteiger partial charge on any atom is -0.367 e. The molecule has 1 N–H and O–H groups in total. The first-order valence-corrected chi connectivity index (χ1v) is 8.47. The molecule has 4 rings (SSSR count). The minimum atomic E-state index is 0.293. The lowest BCUT2D eigenvalue weighted by atomic mass is 10.1. The first kappa shape index (κ1) is 15.4. The zero-order chi connectivity index (χ0) is 17.2. The van der Waals surface area contributed by atoms with Crippen LogP contribution in [0.15, 0.2) is 73.2 Å². The molecule has 0 radical (unpaired) electrons. The van der Waals surface area contributed by atoms with Crippen molar-refractivity contribution in [2.45, 2.75) is 19.9 Å². The Bertz CT molecular complexity index is 989. The van der Waals surface area contributed by atoms with Crippen LogP contribution in [0.3, 0.4) is 0 Å². The quantitative estimate of drug-likeness (QED) is 0.579. The number of aromatic nitrogens is 3. The fraction of sp³-hybridized carbons (Fsp3) is 0.143. The van der Waals surface area contributed by atoms with Crippen molar-refractivity contribution in [3.05, 3.63) is 73.2 Å². The lowest BCUT2D eigenvalue weighted by Gasteiger charge is -2.11. The van der Waals surface area contributed by atoms with Gasteiger partial charge in [0, 0.05) is 23.5 Å². The van der Waals surface area contributed by atoms with Gasteiger partial charge in [-0.1, -0.05) is 48.5 Å². The standard InChI is InChI=1S/C21H20N4/c1-15(2)24-20-19-18(16-9-5-3-6-10-16)13-25(21(19)23-14-22-20)17-11-7-4-8-12-17/h3-15H,1-2H3,(H,22,23,24). The summed E-state index contributed by atoms with van der Waals surface area (Å²) in [6, 6.07) is 21.0. The van der Waals surface area contributed by atoms with Gasteiger partial charge in [-0.3, -0.25) is 0 Å². The van der Waals surface area contributed by atoms with Crippen LogP contribution in [0.4, 0.5) is 5.82 Å². The van der Waals surface area contributed by atoms with Crippen LogP contribution in [0.25, 0.3) is 27.8 Å². The number of para-hydroxylation sites is 1. The Morgan fingerprint density at radius 2 is 1.56 bits per heavy atom. The van der Waals surface area contributed by atoms with Gasteiger partial charge >= 0.3 is 0 Å². The van der Waals surface area contributed by atoms with Gasteiger partial charge in [-0.2, -0.15) is 0 Å². The maximum atomic E-state index is 4.58. The number of anilines is 1. The van der Waals surface area contributed by atoms with E-state index < -0.39 is 0 Å². The molecule has 2 aromatic carbocycles. The highest BCUT2D eigenvalue weighted by molar-refractivity contribution is 6.02. The van der Waals surface area contributed by atoms with Gasteiger partial charge in [-0.25, -0.2) is 9.97 Å². The molecule has 4 heteroatoms. The van der Waals surface area contributed by atoms with E-state index in [2.05, 4.69) is 76.3 Å². The smallest absolute Gasteiger partial charge is 0.150 e. The Morgan fingerprint density at radius 1 is 0.880 bits per heavy atom. The predicted octanol–water partition coefficient (Wildman–Crippen LogP) is 4.91. The van der Waals surface area contributed by atoms with Crippen molar-refractivity contribution < 1.29 is 0 Å². The van der Waals surface area contributed by atoms with E-state index in [1.54, 1.807) is 6.33 Å². The number of nitrogens with one attached hydrogen (secondary N) is 1. The third kappa shape index (κ3) is 2.87. The van der Waals surface area contributed by atoms with E-state index in [1.165, 1.54) is 0 Å². The van der Waals surface area contributed by atoms with Crippen LogP contribution in [0.5, 0.6) is 0 Å². The second-order valence-electron chi connectivity index (χ2n) is 6.33. The Hall–Kier alpha value is -3.14. The van der Waals surface area contributed by atoms with E-state index in [0.717, 1.165) is 33.7 Å². The number of hydrogen-bond acceptors (Lipinski definition) is 3. The zero-order valence-electron chi connectivity index (χ0n) is 14.3. The Labute approximate surface area is 147 Å². The SMILES string of the molecule is CC(C)Nc1ncnc2c1c(-c1ccccc1)cn2-c1ccccc1. The fourth-order valence-electron chi connectivity index (χ4n) is 3.07. The number of fused-ring (bicyclic) bond motifs is 1. The molecule has 2 heterocycles. The van der Waals surface area contributed by atoms with E-state index >= 15 is 0 Å². The summed E-state index contributed by atoms with van der Waals surface area (Å²) in [6.07, 6.45) is 3.77. The van der Waals surface area contributed by atoms with Gasteiger partial charge in [0.05, 0.1) is 5.39 Å². The summed E-state index contributed by atoms with van der Waals surface area (Å²) < 4.78 is 2.13. The third-order valence-electron chi connectivity index (χ3n) is 4.13. The van der Waals surface area contributed by atoms with Gasteiger partial charge in [0.25, 0.3) is 0 Å². The molecule has 0 aliphatic carbocycles. The van der Waals surface area contributed by atoms with E-state index in [-0.39, 0.29) is 0 Å². The van der Waals surface area contributed by atoms with Gasteiger partial charge in [0.1, 0.15) is 12.1 Å². The molecule has 0 aliphatic rings. The van der Waals surface area contributed by atoms with E-state index in [9.17, 15) is 0 Å². The summed E-state index contributed by atoms with van der Waals surface area (Å²) in [5.41, 5.74) is 4.28. The van der Waals surface area contributed by atoms with Crippen LogP contribution in [0, 0.1) is 0 Å². The molecule has 0 aliphatic heterocycles. The molecule has 0 atom stereocenters. The Kier molecular flexibility index (Phi) is 3.94. The summed E-state index contributed by atoms with van der Waals surface area (Å²) in [5.74, 6) is 0.869. The van der Waals surface area contributed by atoms with Crippen LogP contribution in [-0.4, -0.2) is 20.6 Å². The molecule has 0 unspecified atom stereocenters. The summed E-state index contributed by atoms with van der Waals surface area (Å²) >= 11 is 0. The third-order valence-corrected chi connectivity index (χ3v) is 4.13. The maximum Gasteiger partial charge on any atom is 0.150 e. The van der Waals surface area contributed by atoms with Gasteiger partial charge in [0.2, 0.25) is 0 Å². The largest absolute Gasteiger partial charge is 0.367 e. The zero-order valence-corrected chi connectivity index (χ0v) is 14.3. The molecule has 0 bridgehead atoms. The van der Waals surface area contributed by atoms with E-state index in [1.807, 2.05) is 24.3 Å². The molecular weight excluding hydrogens is 308 g/mol. The van der Waals surface area contributed by atoms with Crippen molar-refractivity contribution in [2.75, 3.05) is 5.32 Å². The van der Waals surface area contributed by atoms with Crippen LogP contribution < -0.4 is 5.32 Å². The molecule has 0 spiro atoms. The van der Waals surface area contributed by atoms with E-state index in [4.69, 9.17) is 0 Å². The van der Waals surface area contributed by atoms with Crippen LogP contribution >= 0.6 is 0 Å². The lowest BCUT2D eigenvalue weighted by Crippen LogP contribution is -2.11.